The topological polar surface area (TPSA) is 29.5 Å². The highest BCUT2D eigenvalue weighted by molar-refractivity contribution is 5.68. The summed E-state index contributed by atoms with van der Waals surface area (Å²) in [5.41, 5.74) is -0.402. The van der Waals surface area contributed by atoms with Crippen LogP contribution in [0.25, 0.3) is 0 Å². The molecule has 114 valence electrons. The van der Waals surface area contributed by atoms with E-state index in [-0.39, 0.29) is 12.0 Å². The Bertz CT molecular complexity index is 558. The fourth-order valence-electron chi connectivity index (χ4n) is 1.66. The average molecular weight is 295 g/mol. The first-order chi connectivity index (χ1) is 9.64. The quantitative estimate of drug-likeness (QED) is 0.800. The van der Waals surface area contributed by atoms with Crippen molar-refractivity contribution in [2.24, 2.45) is 0 Å². The van der Waals surface area contributed by atoms with Gasteiger partial charge in [-0.3, -0.25) is 4.90 Å². The fourth-order valence-corrected chi connectivity index (χ4v) is 1.66. The van der Waals surface area contributed by atoms with Crippen molar-refractivity contribution >= 4 is 6.09 Å². The number of terminal acetylenes is 1. The van der Waals surface area contributed by atoms with Crippen LogP contribution in [0.15, 0.2) is 18.2 Å². The molecule has 0 saturated heterocycles. The molecular formula is C16H19F2NO2. The van der Waals surface area contributed by atoms with E-state index in [1.165, 1.54) is 18.0 Å². The molecule has 1 rings (SSSR count). The minimum atomic E-state index is -0.687. The molecule has 3 nitrogen and oxygen atoms in total. The molecule has 1 aromatic carbocycles. The van der Waals surface area contributed by atoms with Gasteiger partial charge in [0.1, 0.15) is 17.2 Å². The molecule has 0 radical (unpaired) electrons. The van der Waals surface area contributed by atoms with Gasteiger partial charge in [0.15, 0.2) is 0 Å². The third kappa shape index (κ3) is 5.07. The molecule has 21 heavy (non-hydrogen) atoms. The van der Waals surface area contributed by atoms with E-state index in [1.54, 1.807) is 20.8 Å². The van der Waals surface area contributed by atoms with E-state index in [1.807, 2.05) is 0 Å². The molecule has 0 aliphatic carbocycles. The van der Waals surface area contributed by atoms with Gasteiger partial charge in [-0.15, -0.1) is 6.42 Å². The van der Waals surface area contributed by atoms with E-state index in [2.05, 4.69) is 5.92 Å². The number of carbonyl (C=O) groups excluding carboxylic acids is 1. The van der Waals surface area contributed by atoms with Crippen LogP contribution >= 0.6 is 0 Å². The largest absolute Gasteiger partial charge is 0.444 e. The Morgan fingerprint density at radius 2 is 2.05 bits per heavy atom. The number of ether oxygens (including phenoxy) is 1. The zero-order valence-electron chi connectivity index (χ0n) is 12.6. The molecule has 0 saturated carbocycles. The highest BCUT2D eigenvalue weighted by Gasteiger charge is 2.25. The first-order valence-corrected chi connectivity index (χ1v) is 6.50. The molecule has 0 N–H and O–H groups in total. The lowest BCUT2D eigenvalue weighted by Crippen LogP contribution is -2.41. The Morgan fingerprint density at radius 1 is 1.43 bits per heavy atom. The summed E-state index contributed by atoms with van der Waals surface area (Å²) in [6.45, 7) is 5.22. The monoisotopic (exact) mass is 295 g/mol. The molecule has 1 unspecified atom stereocenters. The van der Waals surface area contributed by atoms with E-state index >= 15 is 0 Å². The maximum absolute atomic E-state index is 13.6. The number of hydrogen-bond donors (Lipinski definition) is 0. The van der Waals surface area contributed by atoms with Crippen molar-refractivity contribution in [3.8, 4) is 12.3 Å². The zero-order chi connectivity index (χ0) is 16.2. The number of hydrogen-bond acceptors (Lipinski definition) is 2. The lowest BCUT2D eigenvalue weighted by atomic mass is 10.0. The van der Waals surface area contributed by atoms with Crippen molar-refractivity contribution in [3.05, 3.63) is 35.4 Å². The molecular weight excluding hydrogens is 276 g/mol. The van der Waals surface area contributed by atoms with Crippen LogP contribution in [-0.4, -0.2) is 29.7 Å². The average Bonchev–Trinajstić information content (AvgIpc) is 2.35. The summed E-state index contributed by atoms with van der Waals surface area (Å²) in [6, 6.07) is 2.58. The Morgan fingerprint density at radius 3 is 2.52 bits per heavy atom. The summed E-state index contributed by atoms with van der Waals surface area (Å²) in [7, 11) is 1.49. The summed E-state index contributed by atoms with van der Waals surface area (Å²) in [4.78, 5) is 13.2. The second-order valence-corrected chi connectivity index (χ2v) is 5.71. The summed E-state index contributed by atoms with van der Waals surface area (Å²) in [6.07, 6.45) is 4.90. The summed E-state index contributed by atoms with van der Waals surface area (Å²) in [5.74, 6) is 1.08. The second-order valence-electron chi connectivity index (χ2n) is 5.71. The van der Waals surface area contributed by atoms with Crippen molar-refractivity contribution in [1.82, 2.24) is 4.90 Å². The third-order valence-electron chi connectivity index (χ3n) is 2.77. The maximum atomic E-state index is 13.6. The first-order valence-electron chi connectivity index (χ1n) is 6.50. The maximum Gasteiger partial charge on any atom is 0.411 e. The van der Waals surface area contributed by atoms with Crippen molar-refractivity contribution in [1.29, 1.82) is 0 Å². The molecule has 1 amide bonds. The van der Waals surface area contributed by atoms with Gasteiger partial charge in [-0.25, -0.2) is 13.6 Å². The van der Waals surface area contributed by atoms with E-state index in [4.69, 9.17) is 11.2 Å². The Hall–Kier alpha value is -2.09. The van der Waals surface area contributed by atoms with Crippen molar-refractivity contribution in [2.45, 2.75) is 38.8 Å². The summed E-state index contributed by atoms with van der Waals surface area (Å²) < 4.78 is 31.7. The SMILES string of the molecule is C#CC(Cc1ccc(F)cc1F)N(C)C(=O)OC(C)(C)C. The Labute approximate surface area is 123 Å². The molecule has 0 bridgehead atoms. The van der Waals surface area contributed by atoms with Gasteiger partial charge in [-0.05, 0) is 32.4 Å². The van der Waals surface area contributed by atoms with Crippen molar-refractivity contribution in [2.75, 3.05) is 7.05 Å². The number of carbonyl (C=O) groups is 1. The summed E-state index contributed by atoms with van der Waals surface area (Å²) in [5, 5.41) is 0. The predicted molar refractivity (Wildman–Crippen MR) is 76.7 cm³/mol. The first kappa shape index (κ1) is 17.0. The Balaban J connectivity index is 2.84. The molecule has 1 aromatic rings. The van der Waals surface area contributed by atoms with Gasteiger partial charge in [0, 0.05) is 19.5 Å². The van der Waals surface area contributed by atoms with Crippen LogP contribution in [0.1, 0.15) is 26.3 Å². The van der Waals surface area contributed by atoms with Crippen LogP contribution in [0.3, 0.4) is 0 Å². The fraction of sp³-hybridized carbons (Fsp3) is 0.438. The van der Waals surface area contributed by atoms with Crippen LogP contribution in [0.2, 0.25) is 0 Å². The molecule has 1 atom stereocenters. The van der Waals surface area contributed by atoms with Crippen LogP contribution in [-0.2, 0) is 11.2 Å². The molecule has 0 spiro atoms. The molecule has 5 heteroatoms. The smallest absolute Gasteiger partial charge is 0.411 e. The number of amides is 1. The highest BCUT2D eigenvalue weighted by Crippen LogP contribution is 2.16. The van der Waals surface area contributed by atoms with Gasteiger partial charge in [0.25, 0.3) is 0 Å². The van der Waals surface area contributed by atoms with Crippen LogP contribution < -0.4 is 0 Å². The van der Waals surface area contributed by atoms with Gasteiger partial charge in [-0.2, -0.15) is 0 Å². The normalized spacial score (nSPS) is 12.4. The van der Waals surface area contributed by atoms with Crippen molar-refractivity contribution in [3.63, 3.8) is 0 Å². The molecule has 0 aliphatic rings. The standard InChI is InChI=1S/C16H19F2NO2/c1-6-13(19(5)15(20)21-16(2,3)4)9-11-7-8-12(17)10-14(11)18/h1,7-8,10,13H,9H2,2-5H3. The number of nitrogens with zero attached hydrogens (tertiary/aromatic N) is 1. The molecule has 0 heterocycles. The van der Waals surface area contributed by atoms with Gasteiger partial charge < -0.3 is 4.74 Å². The number of benzene rings is 1. The predicted octanol–water partition coefficient (Wildman–Crippen LogP) is 3.38. The van der Waals surface area contributed by atoms with E-state index in [0.29, 0.717) is 0 Å². The third-order valence-corrected chi connectivity index (χ3v) is 2.77. The van der Waals surface area contributed by atoms with E-state index in [0.717, 1.165) is 12.1 Å². The van der Waals surface area contributed by atoms with Gasteiger partial charge >= 0.3 is 6.09 Å². The van der Waals surface area contributed by atoms with Crippen molar-refractivity contribution < 1.29 is 18.3 Å². The lowest BCUT2D eigenvalue weighted by Gasteiger charge is -2.28. The van der Waals surface area contributed by atoms with Crippen LogP contribution in [0, 0.1) is 24.0 Å². The molecule has 0 fully saturated rings. The zero-order valence-corrected chi connectivity index (χ0v) is 12.6. The van der Waals surface area contributed by atoms with E-state index in [9.17, 15) is 13.6 Å². The molecule has 0 aromatic heterocycles. The molecule has 0 aliphatic heterocycles. The van der Waals surface area contributed by atoms with E-state index < -0.39 is 29.4 Å². The second kappa shape index (κ2) is 6.57. The van der Waals surface area contributed by atoms with Gasteiger partial charge in [0.2, 0.25) is 0 Å². The van der Waals surface area contributed by atoms with Gasteiger partial charge in [-0.1, -0.05) is 12.0 Å². The van der Waals surface area contributed by atoms with Crippen LogP contribution in [0.4, 0.5) is 13.6 Å². The van der Waals surface area contributed by atoms with Crippen LogP contribution in [0.5, 0.6) is 0 Å². The number of halogens is 2. The highest BCUT2D eigenvalue weighted by atomic mass is 19.1. The summed E-state index contributed by atoms with van der Waals surface area (Å²) >= 11 is 0. The number of rotatable bonds is 3. The minimum Gasteiger partial charge on any atom is -0.444 e. The number of likely N-dealkylation sites (N-methyl/N-ethyl adjacent to an activating group) is 1. The minimum absolute atomic E-state index is 0.0817. The lowest BCUT2D eigenvalue weighted by molar-refractivity contribution is 0.0261. The Kier molecular flexibility index (Phi) is 5.31. The van der Waals surface area contributed by atoms with Gasteiger partial charge in [0.05, 0.1) is 6.04 Å².